The van der Waals surface area contributed by atoms with Gasteiger partial charge in [0, 0.05) is 38.5 Å². The average Bonchev–Trinajstić information content (AvgIpc) is 3.11. The maximum Gasteiger partial charge on any atom is 0.616 e. The topological polar surface area (TPSA) is 106 Å². The van der Waals surface area contributed by atoms with E-state index in [1.807, 2.05) is 16.6 Å². The van der Waals surface area contributed by atoms with E-state index in [0.29, 0.717) is 25.3 Å². The van der Waals surface area contributed by atoms with Crippen molar-refractivity contribution in [3.63, 3.8) is 0 Å². The third kappa shape index (κ3) is 4.94. The third-order valence-electron chi connectivity index (χ3n) is 5.07. The van der Waals surface area contributed by atoms with Gasteiger partial charge in [0.1, 0.15) is 12.7 Å². The van der Waals surface area contributed by atoms with Gasteiger partial charge < -0.3 is 9.47 Å². The molecule has 4 atom stereocenters. The lowest BCUT2D eigenvalue weighted by molar-refractivity contribution is -0.127. The second kappa shape index (κ2) is 9.39. The van der Waals surface area contributed by atoms with Crippen LogP contribution < -0.4 is 11.2 Å². The van der Waals surface area contributed by atoms with E-state index in [9.17, 15) is 14.2 Å². The fourth-order valence-corrected chi connectivity index (χ4v) is 4.86. The minimum absolute atomic E-state index is 0.110. The lowest BCUT2D eigenvalue weighted by Gasteiger charge is -2.35. The molecule has 0 saturated carbocycles. The normalized spacial score (nSPS) is 27.2. The molecule has 2 fully saturated rings. The third-order valence-corrected chi connectivity index (χ3v) is 6.39. The zero-order chi connectivity index (χ0) is 20.3. The molecule has 2 unspecified atom stereocenters. The number of methoxy groups -OCH3 is 1. The summed E-state index contributed by atoms with van der Waals surface area (Å²) in [5.74, 6) is 0. The number of morpholine rings is 1. The van der Waals surface area contributed by atoms with Crippen LogP contribution in [0.4, 0.5) is 0 Å². The van der Waals surface area contributed by atoms with Crippen molar-refractivity contribution in [2.75, 3.05) is 47.0 Å². The molecule has 0 aliphatic carbocycles. The Kier molecular flexibility index (Phi) is 7.14. The molecule has 0 aromatic carbocycles. The largest absolute Gasteiger partial charge is 0.616 e. The number of aromatic nitrogens is 2. The van der Waals surface area contributed by atoms with Crippen molar-refractivity contribution in [3.05, 3.63) is 32.6 Å². The van der Waals surface area contributed by atoms with Crippen LogP contribution in [0.3, 0.4) is 0 Å². The Morgan fingerprint density at radius 3 is 2.86 bits per heavy atom. The number of H-pyrrole nitrogens is 1. The molecular weight excluding hydrogens is 387 g/mol. The van der Waals surface area contributed by atoms with Gasteiger partial charge in [0.2, 0.25) is 0 Å². The summed E-state index contributed by atoms with van der Waals surface area (Å²) in [5, 5.41) is 0. The van der Waals surface area contributed by atoms with Crippen LogP contribution in [-0.4, -0.2) is 78.3 Å². The summed E-state index contributed by atoms with van der Waals surface area (Å²) in [4.78, 5) is 28.1. The van der Waals surface area contributed by atoms with Crippen molar-refractivity contribution in [2.24, 2.45) is 0 Å². The highest BCUT2D eigenvalue weighted by Crippen LogP contribution is 2.37. The van der Waals surface area contributed by atoms with Crippen molar-refractivity contribution in [1.29, 1.82) is 0 Å². The Morgan fingerprint density at radius 2 is 2.11 bits per heavy atom. The van der Waals surface area contributed by atoms with Gasteiger partial charge in [-0.15, -0.1) is 4.52 Å². The second-order valence-corrected chi connectivity index (χ2v) is 8.61. The summed E-state index contributed by atoms with van der Waals surface area (Å²) in [7, 11) is 1.59. The second-order valence-electron chi connectivity index (χ2n) is 7.36. The first kappa shape index (κ1) is 21.3. The van der Waals surface area contributed by atoms with Gasteiger partial charge in [0.05, 0.1) is 12.6 Å². The molecule has 3 rings (SSSR count). The van der Waals surface area contributed by atoms with E-state index < -0.39 is 25.7 Å². The first-order chi connectivity index (χ1) is 13.4. The molecular formula is C17H28N4O6P+. The minimum Gasteiger partial charge on any atom is -0.383 e. The molecule has 28 heavy (non-hydrogen) atoms. The van der Waals surface area contributed by atoms with Gasteiger partial charge in [-0.3, -0.25) is 19.2 Å². The molecule has 3 heterocycles. The Balaban J connectivity index is 1.62. The fraction of sp³-hybridized carbons (Fsp3) is 0.765. The number of ether oxygens (including phenoxy) is 2. The van der Waals surface area contributed by atoms with Crippen LogP contribution in [0.2, 0.25) is 0 Å². The van der Waals surface area contributed by atoms with E-state index in [-0.39, 0.29) is 18.8 Å². The van der Waals surface area contributed by atoms with E-state index in [1.165, 1.54) is 10.8 Å². The van der Waals surface area contributed by atoms with E-state index in [4.69, 9.17) is 14.0 Å². The number of nitrogens with one attached hydrogen (secondary N) is 1. The maximum atomic E-state index is 12.6. The van der Waals surface area contributed by atoms with Crippen LogP contribution in [0, 0.1) is 6.92 Å². The first-order valence-electron chi connectivity index (χ1n) is 9.40. The molecule has 11 heteroatoms. The summed E-state index contributed by atoms with van der Waals surface area (Å²) in [6.45, 7) is 4.14. The van der Waals surface area contributed by atoms with Gasteiger partial charge in [-0.2, -0.15) is 0 Å². The van der Waals surface area contributed by atoms with E-state index in [2.05, 4.69) is 4.98 Å². The Bertz CT molecular complexity index is 812. The van der Waals surface area contributed by atoms with Gasteiger partial charge in [-0.05, 0) is 31.4 Å². The lowest BCUT2D eigenvalue weighted by atomic mass is 10.2. The number of aryl methyl sites for hydroxylation is 1. The van der Waals surface area contributed by atoms with Crippen molar-refractivity contribution in [1.82, 2.24) is 19.1 Å². The minimum atomic E-state index is -1.97. The van der Waals surface area contributed by atoms with Gasteiger partial charge in [0.15, 0.2) is 6.23 Å². The van der Waals surface area contributed by atoms with Crippen LogP contribution >= 0.6 is 8.18 Å². The highest BCUT2D eigenvalue weighted by molar-refractivity contribution is 7.36. The predicted octanol–water partition coefficient (Wildman–Crippen LogP) is 0.459. The van der Waals surface area contributed by atoms with Crippen molar-refractivity contribution < 1.29 is 18.6 Å². The van der Waals surface area contributed by atoms with Gasteiger partial charge >= 0.3 is 13.9 Å². The Morgan fingerprint density at radius 1 is 1.32 bits per heavy atom. The van der Waals surface area contributed by atoms with E-state index >= 15 is 0 Å². The standard InChI is InChI=1S/C17H27N4O6P/c1-12-7-20(17(23)18-16(12)22)15-9-19(2)8-14(27-15)11-26-28(24)21-6-4-5-13(21)10-25-3/h7,13-15H,4-6,8-11H2,1-3H3/p+1/t13-,14+,15?/m1/s1. The van der Waals surface area contributed by atoms with E-state index in [0.717, 1.165) is 19.4 Å². The maximum absolute atomic E-state index is 12.6. The Labute approximate surface area is 164 Å². The average molecular weight is 415 g/mol. The SMILES string of the molecule is COC[C@H]1CCCN1[P+](=O)OC[C@@H]1CN(C)CC(n2cc(C)c(=O)[nH]c2=O)O1. The Hall–Kier alpha value is -1.42. The summed E-state index contributed by atoms with van der Waals surface area (Å²) in [5.41, 5.74) is -0.481. The lowest BCUT2D eigenvalue weighted by Crippen LogP contribution is -2.48. The molecule has 2 aliphatic heterocycles. The summed E-state index contributed by atoms with van der Waals surface area (Å²) < 4.78 is 32.6. The monoisotopic (exact) mass is 415 g/mol. The van der Waals surface area contributed by atoms with Gasteiger partial charge in [-0.1, -0.05) is 4.67 Å². The number of hydrogen-bond donors (Lipinski definition) is 1. The van der Waals surface area contributed by atoms with Crippen LogP contribution in [0.1, 0.15) is 24.6 Å². The molecule has 0 amide bonds. The zero-order valence-electron chi connectivity index (χ0n) is 16.5. The van der Waals surface area contributed by atoms with Gasteiger partial charge in [-0.25, -0.2) is 4.79 Å². The molecule has 0 radical (unpaired) electrons. The summed E-state index contributed by atoms with van der Waals surface area (Å²) >= 11 is 0. The summed E-state index contributed by atoms with van der Waals surface area (Å²) in [6.07, 6.45) is 2.52. The number of aromatic amines is 1. The smallest absolute Gasteiger partial charge is 0.383 e. The number of nitrogens with zero attached hydrogens (tertiary/aromatic N) is 3. The highest BCUT2D eigenvalue weighted by Gasteiger charge is 2.42. The predicted molar refractivity (Wildman–Crippen MR) is 103 cm³/mol. The van der Waals surface area contributed by atoms with Crippen LogP contribution in [-0.2, 0) is 18.6 Å². The van der Waals surface area contributed by atoms with Crippen molar-refractivity contribution in [2.45, 2.75) is 38.1 Å². The molecule has 2 saturated heterocycles. The highest BCUT2D eigenvalue weighted by atomic mass is 31.1. The van der Waals surface area contributed by atoms with Crippen molar-refractivity contribution >= 4 is 8.18 Å². The first-order valence-corrected chi connectivity index (χ1v) is 10.5. The molecule has 1 aromatic rings. The molecule has 0 spiro atoms. The fourth-order valence-electron chi connectivity index (χ4n) is 3.66. The molecule has 10 nitrogen and oxygen atoms in total. The van der Waals surface area contributed by atoms with Crippen LogP contribution in [0.25, 0.3) is 0 Å². The van der Waals surface area contributed by atoms with Gasteiger partial charge in [0.25, 0.3) is 5.56 Å². The zero-order valence-corrected chi connectivity index (χ0v) is 17.4. The quantitative estimate of drug-likeness (QED) is 0.641. The van der Waals surface area contributed by atoms with Crippen LogP contribution in [0.5, 0.6) is 0 Å². The molecule has 156 valence electrons. The number of rotatable bonds is 7. The number of likely N-dealkylation sites (N-methyl/N-ethyl adjacent to an activating group) is 1. The van der Waals surface area contributed by atoms with Crippen molar-refractivity contribution in [3.8, 4) is 0 Å². The summed E-state index contributed by atoms with van der Waals surface area (Å²) in [6, 6.07) is 0.110. The molecule has 2 aliphatic rings. The molecule has 1 N–H and O–H groups in total. The molecule has 0 bridgehead atoms. The number of hydrogen-bond acceptors (Lipinski definition) is 7. The molecule has 1 aromatic heterocycles. The van der Waals surface area contributed by atoms with Crippen LogP contribution in [0.15, 0.2) is 15.8 Å². The van der Waals surface area contributed by atoms with E-state index in [1.54, 1.807) is 14.0 Å².